The molecule has 0 radical (unpaired) electrons. The van der Waals surface area contributed by atoms with Crippen LogP contribution in [0.5, 0.6) is 5.75 Å². The first-order chi connectivity index (χ1) is 12.6. The summed E-state index contributed by atoms with van der Waals surface area (Å²) in [7, 11) is 3.46. The fourth-order valence-electron chi connectivity index (χ4n) is 2.62. The van der Waals surface area contributed by atoms with E-state index in [0.717, 1.165) is 37.4 Å². The Bertz CT molecular complexity index is 1010. The fourth-order valence-corrected chi connectivity index (χ4v) is 4.33. The minimum Gasteiger partial charge on any atom is -0.497 e. The summed E-state index contributed by atoms with van der Waals surface area (Å²) >= 11 is 2.89. The van der Waals surface area contributed by atoms with Crippen molar-refractivity contribution in [2.45, 2.75) is 4.34 Å². The number of hydrogen-bond acceptors (Lipinski definition) is 7. The van der Waals surface area contributed by atoms with Crippen molar-refractivity contribution in [3.63, 3.8) is 0 Å². The quantitative estimate of drug-likeness (QED) is 0.320. The first-order valence-corrected chi connectivity index (χ1v) is 9.49. The normalized spacial score (nSPS) is 11.4. The van der Waals surface area contributed by atoms with Crippen molar-refractivity contribution in [3.8, 4) is 28.1 Å². The van der Waals surface area contributed by atoms with Gasteiger partial charge in [0.05, 0.1) is 19.0 Å². The molecule has 2 aromatic carbocycles. The highest BCUT2D eigenvalue weighted by Crippen LogP contribution is 2.29. The molecule has 0 bridgehead atoms. The molecule has 0 aliphatic heterocycles. The molecular weight excluding hydrogens is 366 g/mol. The van der Waals surface area contributed by atoms with Crippen LogP contribution >= 0.6 is 23.3 Å². The Kier molecular flexibility index (Phi) is 4.64. The average Bonchev–Trinajstić information content (AvgIpc) is 3.20. The Morgan fingerprint density at radius 3 is 2.58 bits per heavy atom. The van der Waals surface area contributed by atoms with E-state index in [1.807, 2.05) is 24.4 Å². The zero-order chi connectivity index (χ0) is 18.1. The third kappa shape index (κ3) is 3.45. The number of benzene rings is 2. The van der Waals surface area contributed by atoms with Crippen LogP contribution in [0.25, 0.3) is 27.3 Å². The second-order valence-electron chi connectivity index (χ2n) is 5.67. The summed E-state index contributed by atoms with van der Waals surface area (Å²) in [4.78, 5) is 5.52. The Morgan fingerprint density at radius 2 is 1.88 bits per heavy atom. The molecule has 2 aromatic heterocycles. The van der Waals surface area contributed by atoms with E-state index in [9.17, 15) is 0 Å². The van der Waals surface area contributed by atoms with Crippen molar-refractivity contribution in [1.82, 2.24) is 19.0 Å². The smallest absolute Gasteiger partial charge is 0.213 e. The average molecular weight is 384 g/mol. The largest absolute Gasteiger partial charge is 0.497 e. The maximum absolute atomic E-state index is 5.64. The van der Waals surface area contributed by atoms with Crippen LogP contribution in [0.15, 0.2) is 59.1 Å². The highest BCUT2D eigenvalue weighted by atomic mass is 32.2. The standard InChI is InChI=1S/C18H17N5OS2/c1-22(19)26-18-21-23-11-16(20-17(23)25-18)13-8-6-12(7-9-13)14-4-3-5-15(10-14)24-2/h3-11H,19H2,1-2H3. The molecule has 26 heavy (non-hydrogen) atoms. The summed E-state index contributed by atoms with van der Waals surface area (Å²) in [6.07, 6.45) is 1.94. The Labute approximate surface area is 159 Å². The predicted octanol–water partition coefficient (Wildman–Crippen LogP) is 3.95. The number of fused-ring (bicyclic) bond motifs is 1. The molecule has 0 aliphatic carbocycles. The lowest BCUT2D eigenvalue weighted by atomic mass is 10.0. The van der Waals surface area contributed by atoms with Gasteiger partial charge in [0.2, 0.25) is 4.96 Å². The monoisotopic (exact) mass is 383 g/mol. The lowest BCUT2D eigenvalue weighted by Crippen LogP contribution is -2.16. The Balaban J connectivity index is 1.60. The van der Waals surface area contributed by atoms with Gasteiger partial charge >= 0.3 is 0 Å². The first-order valence-electron chi connectivity index (χ1n) is 7.90. The van der Waals surface area contributed by atoms with Gasteiger partial charge in [-0.15, -0.1) is 5.10 Å². The van der Waals surface area contributed by atoms with Crippen LogP contribution in [0.4, 0.5) is 0 Å². The minimum absolute atomic E-state index is 0.848. The van der Waals surface area contributed by atoms with E-state index in [1.54, 1.807) is 18.7 Å². The molecule has 0 atom stereocenters. The van der Waals surface area contributed by atoms with Crippen molar-refractivity contribution in [2.24, 2.45) is 5.84 Å². The van der Waals surface area contributed by atoms with Gasteiger partial charge in [0.15, 0.2) is 4.34 Å². The van der Waals surface area contributed by atoms with Crippen molar-refractivity contribution < 1.29 is 4.74 Å². The molecule has 0 spiro atoms. The van der Waals surface area contributed by atoms with Crippen molar-refractivity contribution >= 4 is 28.2 Å². The molecule has 4 rings (SSSR count). The number of ether oxygens (including phenoxy) is 1. The van der Waals surface area contributed by atoms with Gasteiger partial charge in [-0.3, -0.25) is 5.84 Å². The van der Waals surface area contributed by atoms with E-state index in [0.29, 0.717) is 0 Å². The Morgan fingerprint density at radius 1 is 1.12 bits per heavy atom. The summed E-state index contributed by atoms with van der Waals surface area (Å²) in [5.41, 5.74) is 4.21. The SMILES string of the molecule is COc1cccc(-c2ccc(-c3cn4nc(SN(C)N)sc4n3)cc2)c1. The third-order valence-corrected chi connectivity index (χ3v) is 5.55. The van der Waals surface area contributed by atoms with Gasteiger partial charge in [0.1, 0.15) is 5.75 Å². The molecule has 2 heterocycles. The van der Waals surface area contributed by atoms with Gasteiger partial charge in [-0.1, -0.05) is 47.7 Å². The van der Waals surface area contributed by atoms with Crippen LogP contribution in [-0.2, 0) is 0 Å². The van der Waals surface area contributed by atoms with Crippen LogP contribution in [0.3, 0.4) is 0 Å². The molecule has 0 amide bonds. The molecule has 0 fully saturated rings. The number of methoxy groups -OCH3 is 1. The van der Waals surface area contributed by atoms with Gasteiger partial charge in [0.25, 0.3) is 0 Å². The summed E-state index contributed by atoms with van der Waals surface area (Å²) in [5.74, 6) is 6.49. The van der Waals surface area contributed by atoms with Crippen LogP contribution < -0.4 is 10.6 Å². The molecule has 0 aliphatic rings. The maximum atomic E-state index is 5.64. The zero-order valence-electron chi connectivity index (χ0n) is 14.3. The number of nitrogens with two attached hydrogens (primary N) is 1. The number of hydrogen-bond donors (Lipinski definition) is 1. The molecule has 6 nitrogen and oxygen atoms in total. The lowest BCUT2D eigenvalue weighted by molar-refractivity contribution is 0.415. The van der Waals surface area contributed by atoms with E-state index < -0.39 is 0 Å². The van der Waals surface area contributed by atoms with Gasteiger partial charge < -0.3 is 4.74 Å². The Hall–Kier alpha value is -2.39. The molecule has 0 unspecified atom stereocenters. The third-order valence-electron chi connectivity index (χ3n) is 3.83. The number of imidazole rings is 1. The first kappa shape index (κ1) is 17.0. The molecule has 2 N–H and O–H groups in total. The molecule has 0 saturated heterocycles. The van der Waals surface area contributed by atoms with Gasteiger partial charge in [-0.05, 0) is 23.3 Å². The van der Waals surface area contributed by atoms with E-state index in [-0.39, 0.29) is 0 Å². The van der Waals surface area contributed by atoms with Crippen LogP contribution in [0, 0.1) is 0 Å². The maximum Gasteiger partial charge on any atom is 0.213 e. The molecule has 132 valence electrons. The molecule has 4 aromatic rings. The van der Waals surface area contributed by atoms with E-state index >= 15 is 0 Å². The minimum atomic E-state index is 0.848. The van der Waals surface area contributed by atoms with Gasteiger partial charge in [-0.25, -0.2) is 9.50 Å². The fraction of sp³-hybridized carbons (Fsp3) is 0.111. The zero-order valence-corrected chi connectivity index (χ0v) is 15.9. The molecule has 8 heteroatoms. The van der Waals surface area contributed by atoms with Crippen molar-refractivity contribution in [2.75, 3.05) is 14.2 Å². The number of hydrazine groups is 1. The summed E-state index contributed by atoms with van der Waals surface area (Å²) in [6, 6.07) is 16.4. The van der Waals surface area contributed by atoms with Crippen LogP contribution in [-0.4, -0.2) is 33.2 Å². The summed E-state index contributed by atoms with van der Waals surface area (Å²) in [6.45, 7) is 0. The lowest BCUT2D eigenvalue weighted by Gasteiger charge is -2.05. The number of nitrogens with zero attached hydrogens (tertiary/aromatic N) is 4. The van der Waals surface area contributed by atoms with Gasteiger partial charge in [0, 0.05) is 24.6 Å². The van der Waals surface area contributed by atoms with Gasteiger partial charge in [-0.2, -0.15) is 4.41 Å². The molecule has 0 saturated carbocycles. The predicted molar refractivity (Wildman–Crippen MR) is 106 cm³/mol. The second kappa shape index (κ2) is 7.08. The van der Waals surface area contributed by atoms with E-state index in [2.05, 4.69) is 40.4 Å². The summed E-state index contributed by atoms with van der Waals surface area (Å²) < 4.78 is 9.47. The van der Waals surface area contributed by atoms with Crippen molar-refractivity contribution in [1.29, 1.82) is 0 Å². The van der Waals surface area contributed by atoms with E-state index in [1.165, 1.54) is 27.7 Å². The van der Waals surface area contributed by atoms with Crippen LogP contribution in [0.2, 0.25) is 0 Å². The number of aromatic nitrogens is 3. The highest BCUT2D eigenvalue weighted by molar-refractivity contribution is 7.98. The molecular formula is C18H17N5OS2. The number of rotatable bonds is 5. The van der Waals surface area contributed by atoms with Crippen molar-refractivity contribution in [3.05, 3.63) is 54.7 Å². The second-order valence-corrected chi connectivity index (χ2v) is 8.03. The van der Waals surface area contributed by atoms with E-state index in [4.69, 9.17) is 10.6 Å². The topological polar surface area (TPSA) is 68.7 Å². The van der Waals surface area contributed by atoms with Crippen LogP contribution in [0.1, 0.15) is 0 Å². The summed E-state index contributed by atoms with van der Waals surface area (Å²) in [5, 5.41) is 4.48. The highest BCUT2D eigenvalue weighted by Gasteiger charge is 2.11.